The lowest BCUT2D eigenvalue weighted by atomic mass is 10.0. The number of aromatic amines is 1. The van der Waals surface area contributed by atoms with Crippen LogP contribution in [-0.2, 0) is 11.3 Å². The van der Waals surface area contributed by atoms with E-state index in [-0.39, 0.29) is 11.8 Å². The fraction of sp³-hybridized carbons (Fsp3) is 0.846. The molecule has 1 aromatic heterocycles. The molecular weight excluding hydrogens is 272 g/mol. The molecule has 0 spiro atoms. The number of carbonyl (C=O) groups is 1. The molecule has 8 nitrogen and oxygen atoms in total. The summed E-state index contributed by atoms with van der Waals surface area (Å²) in [6.45, 7) is 6.51. The third kappa shape index (κ3) is 4.47. The molecule has 0 aromatic carbocycles. The minimum absolute atomic E-state index is 0.00225. The number of aliphatic hydroxyl groups excluding tert-OH is 1. The second kappa shape index (κ2) is 6.95. The van der Waals surface area contributed by atoms with Crippen LogP contribution in [0.1, 0.15) is 26.1 Å². The molecule has 21 heavy (non-hydrogen) atoms. The first-order chi connectivity index (χ1) is 9.95. The van der Waals surface area contributed by atoms with E-state index in [1.165, 1.54) is 0 Å². The quantitative estimate of drug-likeness (QED) is 0.734. The second-order valence-corrected chi connectivity index (χ2v) is 6.25. The average Bonchev–Trinajstić information content (AvgIpc) is 2.98. The third-order valence-corrected chi connectivity index (χ3v) is 3.69. The molecule has 0 aliphatic carbocycles. The molecule has 1 aromatic rings. The van der Waals surface area contributed by atoms with Crippen molar-refractivity contribution >= 4 is 5.91 Å². The summed E-state index contributed by atoms with van der Waals surface area (Å²) in [6.07, 6.45) is -0.0687. The van der Waals surface area contributed by atoms with Gasteiger partial charge < -0.3 is 14.9 Å². The van der Waals surface area contributed by atoms with Gasteiger partial charge >= 0.3 is 0 Å². The molecular formula is C13H24N6O2. The summed E-state index contributed by atoms with van der Waals surface area (Å²) in [5, 5.41) is 23.7. The molecule has 118 valence electrons. The summed E-state index contributed by atoms with van der Waals surface area (Å²) in [6, 6.07) is 0. The van der Waals surface area contributed by atoms with Crippen molar-refractivity contribution in [2.45, 2.75) is 32.9 Å². The highest BCUT2D eigenvalue weighted by molar-refractivity contribution is 5.76. The van der Waals surface area contributed by atoms with E-state index in [2.05, 4.69) is 39.4 Å². The number of rotatable bonds is 6. The Hall–Kier alpha value is -1.54. The van der Waals surface area contributed by atoms with Gasteiger partial charge in [0.15, 0.2) is 5.82 Å². The summed E-state index contributed by atoms with van der Waals surface area (Å²) in [5.41, 5.74) is 0. The SMILES string of the molecule is CC(C)CN(Cc1nn[nH]n1)C(=O)C[C@@H]1CN(C)C[C@H]1O. The number of likely N-dealkylation sites (N-methyl/N-ethyl adjacent to an activating group) is 1. The first-order valence-corrected chi connectivity index (χ1v) is 7.32. The van der Waals surface area contributed by atoms with Gasteiger partial charge in [0.25, 0.3) is 0 Å². The zero-order valence-corrected chi connectivity index (χ0v) is 12.9. The first kappa shape index (κ1) is 15.8. The molecule has 1 saturated heterocycles. The molecule has 0 radical (unpaired) electrons. The number of hydrogen-bond donors (Lipinski definition) is 2. The summed E-state index contributed by atoms with van der Waals surface area (Å²) in [5.74, 6) is 0.903. The van der Waals surface area contributed by atoms with Gasteiger partial charge in [-0.2, -0.15) is 5.21 Å². The number of nitrogens with one attached hydrogen (secondary N) is 1. The number of aliphatic hydroxyl groups is 1. The van der Waals surface area contributed by atoms with Crippen molar-refractivity contribution in [1.29, 1.82) is 0 Å². The molecule has 0 saturated carbocycles. The monoisotopic (exact) mass is 296 g/mol. The van der Waals surface area contributed by atoms with Crippen molar-refractivity contribution in [3.8, 4) is 0 Å². The maximum atomic E-state index is 12.5. The normalized spacial score (nSPS) is 22.9. The first-order valence-electron chi connectivity index (χ1n) is 7.32. The minimum Gasteiger partial charge on any atom is -0.391 e. The van der Waals surface area contributed by atoms with Crippen LogP contribution >= 0.6 is 0 Å². The number of amides is 1. The highest BCUT2D eigenvalue weighted by atomic mass is 16.3. The Morgan fingerprint density at radius 3 is 2.81 bits per heavy atom. The molecule has 1 amide bonds. The molecule has 0 unspecified atom stereocenters. The summed E-state index contributed by atoms with van der Waals surface area (Å²) in [4.78, 5) is 16.3. The lowest BCUT2D eigenvalue weighted by Gasteiger charge is -2.25. The number of nitrogens with zero attached hydrogens (tertiary/aromatic N) is 5. The fourth-order valence-electron chi connectivity index (χ4n) is 2.73. The number of β-amino-alcohol motifs (C(OH)–C–C–N with tert-alkyl or cyclic N) is 1. The van der Waals surface area contributed by atoms with E-state index in [0.29, 0.717) is 37.8 Å². The second-order valence-electron chi connectivity index (χ2n) is 6.25. The van der Waals surface area contributed by atoms with E-state index in [0.717, 1.165) is 6.54 Å². The molecule has 1 aliphatic heterocycles. The number of tetrazole rings is 1. The Kier molecular flexibility index (Phi) is 5.24. The number of H-pyrrole nitrogens is 1. The Bertz CT molecular complexity index is 450. The third-order valence-electron chi connectivity index (χ3n) is 3.69. The lowest BCUT2D eigenvalue weighted by molar-refractivity contribution is -0.134. The topological polar surface area (TPSA) is 98.2 Å². The van der Waals surface area contributed by atoms with Gasteiger partial charge in [0.1, 0.15) is 0 Å². The Balaban J connectivity index is 1.97. The molecule has 8 heteroatoms. The molecule has 2 N–H and O–H groups in total. The van der Waals surface area contributed by atoms with Gasteiger partial charge in [0.2, 0.25) is 5.91 Å². The van der Waals surface area contributed by atoms with E-state index in [1.54, 1.807) is 4.90 Å². The molecule has 1 fully saturated rings. The highest BCUT2D eigenvalue weighted by Gasteiger charge is 2.32. The van der Waals surface area contributed by atoms with E-state index >= 15 is 0 Å². The number of aromatic nitrogens is 4. The van der Waals surface area contributed by atoms with Crippen molar-refractivity contribution in [2.75, 3.05) is 26.7 Å². The van der Waals surface area contributed by atoms with Crippen molar-refractivity contribution in [2.24, 2.45) is 11.8 Å². The fourth-order valence-corrected chi connectivity index (χ4v) is 2.73. The molecule has 2 rings (SSSR count). The number of carbonyl (C=O) groups excluding carboxylic acids is 1. The van der Waals surface area contributed by atoms with Crippen LogP contribution in [-0.4, -0.2) is 74.2 Å². The number of hydrogen-bond acceptors (Lipinski definition) is 6. The lowest BCUT2D eigenvalue weighted by Crippen LogP contribution is -2.36. The summed E-state index contributed by atoms with van der Waals surface area (Å²) in [7, 11) is 1.96. The van der Waals surface area contributed by atoms with Crippen LogP contribution < -0.4 is 0 Å². The standard InChI is InChI=1S/C13H24N6O2/c1-9(2)5-19(8-12-14-16-17-15-12)13(21)4-10-6-18(3)7-11(10)20/h9-11,20H,4-8H2,1-3H3,(H,14,15,16,17)/t10-,11-/m1/s1. The molecule has 0 bridgehead atoms. The molecule has 1 aliphatic rings. The minimum atomic E-state index is -0.426. The maximum Gasteiger partial charge on any atom is 0.223 e. The smallest absolute Gasteiger partial charge is 0.223 e. The zero-order valence-electron chi connectivity index (χ0n) is 12.9. The van der Waals surface area contributed by atoms with Gasteiger partial charge in [-0.05, 0) is 13.0 Å². The molecule has 2 atom stereocenters. The van der Waals surface area contributed by atoms with E-state index in [9.17, 15) is 9.90 Å². The summed E-state index contributed by atoms with van der Waals surface area (Å²) >= 11 is 0. The van der Waals surface area contributed by atoms with E-state index < -0.39 is 6.10 Å². The van der Waals surface area contributed by atoms with Crippen molar-refractivity contribution < 1.29 is 9.90 Å². The average molecular weight is 296 g/mol. The highest BCUT2D eigenvalue weighted by Crippen LogP contribution is 2.20. The van der Waals surface area contributed by atoms with Crippen LogP contribution in [0, 0.1) is 11.8 Å². The Morgan fingerprint density at radius 2 is 2.29 bits per heavy atom. The van der Waals surface area contributed by atoms with Gasteiger partial charge in [-0.3, -0.25) is 4.79 Å². The zero-order chi connectivity index (χ0) is 15.4. The van der Waals surface area contributed by atoms with Gasteiger partial charge in [-0.1, -0.05) is 19.1 Å². The van der Waals surface area contributed by atoms with Gasteiger partial charge in [0.05, 0.1) is 12.6 Å². The van der Waals surface area contributed by atoms with Crippen molar-refractivity contribution in [3.63, 3.8) is 0 Å². The Labute approximate surface area is 124 Å². The van der Waals surface area contributed by atoms with Crippen LogP contribution in [0.25, 0.3) is 0 Å². The number of likely N-dealkylation sites (tertiary alicyclic amines) is 1. The summed E-state index contributed by atoms with van der Waals surface area (Å²) < 4.78 is 0. The van der Waals surface area contributed by atoms with Crippen LogP contribution in [0.3, 0.4) is 0 Å². The largest absolute Gasteiger partial charge is 0.391 e. The molecule has 2 heterocycles. The van der Waals surface area contributed by atoms with Crippen LogP contribution in [0.5, 0.6) is 0 Å². The van der Waals surface area contributed by atoms with Gasteiger partial charge in [-0.25, -0.2) is 0 Å². The predicted octanol–water partition coefficient (Wildman–Crippen LogP) is -0.503. The Morgan fingerprint density at radius 1 is 1.52 bits per heavy atom. The van der Waals surface area contributed by atoms with Crippen LogP contribution in [0.4, 0.5) is 0 Å². The van der Waals surface area contributed by atoms with E-state index in [1.807, 2.05) is 7.05 Å². The predicted molar refractivity (Wildman–Crippen MR) is 76.0 cm³/mol. The van der Waals surface area contributed by atoms with Gasteiger partial charge in [0, 0.05) is 32.0 Å². The van der Waals surface area contributed by atoms with Crippen LogP contribution in [0.15, 0.2) is 0 Å². The van der Waals surface area contributed by atoms with Crippen molar-refractivity contribution in [3.05, 3.63) is 5.82 Å². The van der Waals surface area contributed by atoms with Crippen LogP contribution in [0.2, 0.25) is 0 Å². The maximum absolute atomic E-state index is 12.5. The van der Waals surface area contributed by atoms with Gasteiger partial charge in [-0.15, -0.1) is 10.2 Å². The van der Waals surface area contributed by atoms with E-state index in [4.69, 9.17) is 0 Å². The van der Waals surface area contributed by atoms with Crippen molar-refractivity contribution in [1.82, 2.24) is 30.4 Å².